The van der Waals surface area contributed by atoms with E-state index in [4.69, 9.17) is 15.5 Å². The van der Waals surface area contributed by atoms with Crippen LogP contribution in [0.2, 0.25) is 0 Å². The molecule has 1 aliphatic rings. The number of hydrogen-bond acceptors (Lipinski definition) is 8. The second kappa shape index (κ2) is 10.2. The van der Waals surface area contributed by atoms with Crippen molar-refractivity contribution in [2.45, 2.75) is 20.0 Å². The number of morpholine rings is 1. The highest BCUT2D eigenvalue weighted by Gasteiger charge is 2.26. The van der Waals surface area contributed by atoms with E-state index in [2.05, 4.69) is 32.2 Å². The number of nitrogens with zero attached hydrogens (tertiary/aromatic N) is 9. The average Bonchev–Trinajstić information content (AvgIpc) is 3.70. The van der Waals surface area contributed by atoms with Crippen molar-refractivity contribution in [3.8, 4) is 0 Å². The predicted octanol–water partition coefficient (Wildman–Crippen LogP) is 2.97. The molecule has 0 aliphatic carbocycles. The molecule has 0 unspecified atom stereocenters. The monoisotopic (exact) mass is 568 g/mol. The second-order valence-corrected chi connectivity index (χ2v) is 10.5. The van der Waals surface area contributed by atoms with Crippen LogP contribution in [0.4, 0.5) is 16.0 Å². The number of hydrogen-bond donors (Lipinski definition) is 1. The number of nitrogens with two attached hydrogens (primary N) is 1. The molecular formula is C29H29FN10O2. The van der Waals surface area contributed by atoms with E-state index >= 15 is 4.39 Å². The van der Waals surface area contributed by atoms with Crippen LogP contribution in [0.5, 0.6) is 0 Å². The van der Waals surface area contributed by atoms with Gasteiger partial charge in [-0.25, -0.2) is 19.3 Å². The topological polar surface area (TPSA) is 124 Å². The van der Waals surface area contributed by atoms with Gasteiger partial charge < -0.3 is 14.9 Å². The smallest absolute Gasteiger partial charge is 0.262 e. The molecule has 13 heteroatoms. The van der Waals surface area contributed by atoms with E-state index in [1.165, 1.54) is 17.0 Å². The van der Waals surface area contributed by atoms with E-state index in [-0.39, 0.29) is 17.9 Å². The molecule has 0 bridgehead atoms. The number of aryl methyl sites for hydroxylation is 2. The van der Waals surface area contributed by atoms with Gasteiger partial charge in [-0.15, -0.1) is 0 Å². The van der Waals surface area contributed by atoms with Crippen molar-refractivity contribution < 1.29 is 13.9 Å². The van der Waals surface area contributed by atoms with Gasteiger partial charge in [0, 0.05) is 51.2 Å². The molecule has 42 heavy (non-hydrogen) atoms. The molecule has 1 amide bonds. The van der Waals surface area contributed by atoms with E-state index in [1.54, 1.807) is 34.6 Å². The molecule has 6 heterocycles. The summed E-state index contributed by atoms with van der Waals surface area (Å²) in [5.74, 6) is 0.148. The number of aromatic nitrogens is 7. The molecule has 1 aliphatic heterocycles. The fourth-order valence-electron chi connectivity index (χ4n) is 5.57. The van der Waals surface area contributed by atoms with Gasteiger partial charge in [0.15, 0.2) is 0 Å². The number of imidazole rings is 2. The molecule has 7 rings (SSSR count). The van der Waals surface area contributed by atoms with Gasteiger partial charge in [-0.1, -0.05) is 6.07 Å². The van der Waals surface area contributed by atoms with Gasteiger partial charge in [0.2, 0.25) is 0 Å². The Bertz CT molecular complexity index is 1970. The number of anilines is 2. The molecule has 1 aromatic carbocycles. The SMILES string of the molecule is Cc1ncc2c(N)nc3cc(F)c(C(=O)N(Cc4cn5cc(CN6CCOCC6)ccc5n4)c4ccnn4C)cc3n12. The molecule has 0 saturated carbocycles. The zero-order valence-electron chi connectivity index (χ0n) is 23.2. The minimum absolute atomic E-state index is 0.107. The Morgan fingerprint density at radius 1 is 1.12 bits per heavy atom. The summed E-state index contributed by atoms with van der Waals surface area (Å²) in [6.07, 6.45) is 7.16. The van der Waals surface area contributed by atoms with Crippen LogP contribution >= 0.6 is 0 Å². The van der Waals surface area contributed by atoms with E-state index in [0.717, 1.165) is 44.1 Å². The highest BCUT2D eigenvalue weighted by atomic mass is 19.1. The lowest BCUT2D eigenvalue weighted by Crippen LogP contribution is -2.35. The fraction of sp³-hybridized carbons (Fsp3) is 0.276. The summed E-state index contributed by atoms with van der Waals surface area (Å²) >= 11 is 0. The molecule has 0 radical (unpaired) electrons. The number of halogens is 1. The van der Waals surface area contributed by atoms with Crippen molar-refractivity contribution in [3.63, 3.8) is 0 Å². The lowest BCUT2D eigenvalue weighted by Gasteiger charge is -2.26. The number of carbonyl (C=O) groups excluding carboxylic acids is 1. The van der Waals surface area contributed by atoms with Crippen LogP contribution in [0.25, 0.3) is 22.2 Å². The average molecular weight is 569 g/mol. The van der Waals surface area contributed by atoms with E-state index in [0.29, 0.717) is 33.9 Å². The summed E-state index contributed by atoms with van der Waals surface area (Å²) in [6.45, 7) is 6.02. The van der Waals surface area contributed by atoms with E-state index in [1.807, 2.05) is 23.6 Å². The first-order valence-corrected chi connectivity index (χ1v) is 13.6. The lowest BCUT2D eigenvalue weighted by atomic mass is 10.1. The number of amides is 1. The van der Waals surface area contributed by atoms with Gasteiger partial charge >= 0.3 is 0 Å². The Labute approximate surface area is 239 Å². The number of nitrogen functional groups attached to an aromatic ring is 1. The quantitative estimate of drug-likeness (QED) is 0.325. The van der Waals surface area contributed by atoms with Gasteiger partial charge in [0.05, 0.1) is 54.4 Å². The molecule has 0 atom stereocenters. The molecule has 1 saturated heterocycles. The van der Waals surface area contributed by atoms with Crippen molar-refractivity contribution >= 4 is 39.7 Å². The zero-order chi connectivity index (χ0) is 29.0. The van der Waals surface area contributed by atoms with Crippen molar-refractivity contribution in [2.24, 2.45) is 7.05 Å². The highest BCUT2D eigenvalue weighted by Crippen LogP contribution is 2.27. The zero-order valence-corrected chi connectivity index (χ0v) is 23.2. The van der Waals surface area contributed by atoms with Crippen LogP contribution in [-0.4, -0.2) is 70.6 Å². The summed E-state index contributed by atoms with van der Waals surface area (Å²) in [5.41, 5.74) is 9.99. The fourth-order valence-corrected chi connectivity index (χ4v) is 5.57. The number of carbonyl (C=O) groups is 1. The Hall–Kier alpha value is -4.88. The first-order valence-electron chi connectivity index (χ1n) is 13.6. The Morgan fingerprint density at radius 2 is 1.95 bits per heavy atom. The Morgan fingerprint density at radius 3 is 2.74 bits per heavy atom. The predicted molar refractivity (Wildman–Crippen MR) is 155 cm³/mol. The van der Waals surface area contributed by atoms with Crippen LogP contribution in [0, 0.1) is 12.7 Å². The third kappa shape index (κ3) is 4.52. The maximum atomic E-state index is 15.6. The van der Waals surface area contributed by atoms with Gasteiger partial charge in [0.25, 0.3) is 5.91 Å². The van der Waals surface area contributed by atoms with Crippen LogP contribution in [-0.2, 0) is 24.9 Å². The Kier molecular flexibility index (Phi) is 6.32. The molecule has 2 N–H and O–H groups in total. The Balaban J connectivity index is 1.25. The summed E-state index contributed by atoms with van der Waals surface area (Å²) in [7, 11) is 1.74. The normalized spacial score (nSPS) is 14.4. The number of ether oxygens (including phenoxy) is 1. The van der Waals surface area contributed by atoms with Gasteiger partial charge in [0.1, 0.15) is 34.4 Å². The third-order valence-electron chi connectivity index (χ3n) is 7.69. The largest absolute Gasteiger partial charge is 0.382 e. The summed E-state index contributed by atoms with van der Waals surface area (Å²) in [6, 6.07) is 8.49. The summed E-state index contributed by atoms with van der Waals surface area (Å²) < 4.78 is 26.3. The van der Waals surface area contributed by atoms with Gasteiger partial charge in [-0.05, 0) is 24.6 Å². The van der Waals surface area contributed by atoms with E-state index in [9.17, 15) is 4.79 Å². The first kappa shape index (κ1) is 26.0. The number of pyridine rings is 1. The minimum Gasteiger partial charge on any atom is -0.382 e. The van der Waals surface area contributed by atoms with Crippen molar-refractivity contribution in [3.05, 3.63) is 83.6 Å². The van der Waals surface area contributed by atoms with Crippen molar-refractivity contribution in [1.82, 2.24) is 38.4 Å². The molecule has 12 nitrogen and oxygen atoms in total. The summed E-state index contributed by atoms with van der Waals surface area (Å²) in [4.78, 5) is 31.4. The first-order chi connectivity index (χ1) is 20.4. The molecule has 1 fully saturated rings. The summed E-state index contributed by atoms with van der Waals surface area (Å²) in [5, 5.41) is 4.25. The third-order valence-corrected chi connectivity index (χ3v) is 7.69. The standard InChI is InChI=1S/C29H29FN10O2/c1-18-32-13-25-28(31)35-23-12-22(30)21(11-24(23)40(18)25)29(41)39(27-5-6-33-36(27)2)17-20-16-38-15-19(3-4-26(38)34-20)14-37-7-9-42-10-8-37/h3-6,11-13,15-16H,7-10,14,17H2,1-2H3,(H2,31,35). The number of rotatable bonds is 6. The molecular weight excluding hydrogens is 539 g/mol. The maximum absolute atomic E-state index is 15.6. The van der Waals surface area contributed by atoms with Gasteiger partial charge in [-0.2, -0.15) is 5.10 Å². The van der Waals surface area contributed by atoms with Crippen molar-refractivity contribution in [2.75, 3.05) is 36.9 Å². The minimum atomic E-state index is -0.702. The van der Waals surface area contributed by atoms with Crippen LogP contribution in [0.15, 0.2) is 55.1 Å². The van der Waals surface area contributed by atoms with Crippen LogP contribution in [0.1, 0.15) is 27.4 Å². The van der Waals surface area contributed by atoms with E-state index < -0.39 is 11.7 Å². The second-order valence-electron chi connectivity index (χ2n) is 10.5. The van der Waals surface area contributed by atoms with Crippen molar-refractivity contribution in [1.29, 1.82) is 0 Å². The number of benzene rings is 1. The van der Waals surface area contributed by atoms with Gasteiger partial charge in [-0.3, -0.25) is 23.7 Å². The molecule has 0 spiro atoms. The highest BCUT2D eigenvalue weighted by molar-refractivity contribution is 6.07. The lowest BCUT2D eigenvalue weighted by molar-refractivity contribution is 0.0341. The molecule has 214 valence electrons. The molecule has 5 aromatic heterocycles. The maximum Gasteiger partial charge on any atom is 0.262 e. The van der Waals surface area contributed by atoms with Crippen LogP contribution in [0.3, 0.4) is 0 Å². The number of fused-ring (bicyclic) bond motifs is 4. The van der Waals surface area contributed by atoms with Crippen LogP contribution < -0.4 is 10.6 Å². The molecule has 6 aromatic rings.